The van der Waals surface area contributed by atoms with E-state index in [1.807, 2.05) is 13.0 Å². The van der Waals surface area contributed by atoms with Crippen LogP contribution < -0.4 is 5.73 Å². The molecule has 0 aliphatic heterocycles. The molecule has 1 aromatic heterocycles. The van der Waals surface area contributed by atoms with E-state index < -0.39 is 0 Å². The summed E-state index contributed by atoms with van der Waals surface area (Å²) in [6, 6.07) is 4.02. The van der Waals surface area contributed by atoms with Gasteiger partial charge in [-0.05, 0) is 46.0 Å². The number of benzene rings is 1. The van der Waals surface area contributed by atoms with E-state index in [4.69, 9.17) is 17.3 Å². The molecule has 0 radical (unpaired) electrons. The van der Waals surface area contributed by atoms with E-state index >= 15 is 0 Å². The molecule has 0 saturated heterocycles. The van der Waals surface area contributed by atoms with E-state index in [1.54, 1.807) is 0 Å². The Bertz CT molecular complexity index is 630. The predicted molar refractivity (Wildman–Crippen MR) is 82.3 cm³/mol. The van der Waals surface area contributed by atoms with E-state index in [9.17, 15) is 0 Å². The third-order valence-electron chi connectivity index (χ3n) is 3.01. The Morgan fingerprint density at radius 3 is 2.44 bits per heavy atom. The molecule has 18 heavy (non-hydrogen) atoms. The van der Waals surface area contributed by atoms with Gasteiger partial charge in [0.1, 0.15) is 5.82 Å². The van der Waals surface area contributed by atoms with Gasteiger partial charge in [-0.15, -0.1) is 0 Å². The number of hydrogen-bond acceptors (Lipinski definition) is 2. The Balaban J connectivity index is 2.90. The van der Waals surface area contributed by atoms with E-state index in [2.05, 4.69) is 47.8 Å². The summed E-state index contributed by atoms with van der Waals surface area (Å²) >= 11 is 9.89. The monoisotopic (exact) mass is 326 g/mol. The Kier molecular flexibility index (Phi) is 3.32. The zero-order valence-corrected chi connectivity index (χ0v) is 13.3. The van der Waals surface area contributed by atoms with Gasteiger partial charge in [-0.1, -0.05) is 32.4 Å². The first-order chi connectivity index (χ1) is 8.21. The predicted octanol–water partition coefficient (Wildman–Crippen LogP) is 4.84. The van der Waals surface area contributed by atoms with Crippen LogP contribution in [0.3, 0.4) is 0 Å². The summed E-state index contributed by atoms with van der Waals surface area (Å²) < 4.78 is 0.923. The molecule has 0 unspecified atom stereocenters. The lowest BCUT2D eigenvalue weighted by molar-refractivity contribution is 0.591. The Labute approximate surface area is 121 Å². The van der Waals surface area contributed by atoms with Crippen LogP contribution in [0.4, 0.5) is 5.82 Å². The van der Waals surface area contributed by atoms with Crippen LogP contribution in [0, 0.1) is 6.92 Å². The third kappa shape index (κ3) is 2.21. The summed E-state index contributed by atoms with van der Waals surface area (Å²) in [5, 5.41) is 1.69. The molecule has 1 aromatic carbocycles. The van der Waals surface area contributed by atoms with Crippen LogP contribution in [0.2, 0.25) is 5.02 Å². The highest BCUT2D eigenvalue weighted by Crippen LogP contribution is 2.36. The summed E-state index contributed by atoms with van der Waals surface area (Å²) in [6.45, 7) is 8.33. The molecule has 96 valence electrons. The molecular weight excluding hydrogens is 312 g/mol. The molecule has 4 heteroatoms. The standard InChI is InChI=1S/C14H16BrClN2/c1-7-5-10(15)12-8(11(7)16)6-9(13(17)18-12)14(2,3)4/h5-6H,1-4H3,(H2,17,18). The van der Waals surface area contributed by atoms with E-state index in [1.165, 1.54) is 0 Å². The first-order valence-corrected chi connectivity index (χ1v) is 6.94. The van der Waals surface area contributed by atoms with Gasteiger partial charge in [0.2, 0.25) is 0 Å². The number of aryl methyl sites for hydroxylation is 1. The van der Waals surface area contributed by atoms with Gasteiger partial charge < -0.3 is 5.73 Å². The van der Waals surface area contributed by atoms with Crippen molar-refractivity contribution >= 4 is 44.3 Å². The molecule has 2 N–H and O–H groups in total. The van der Waals surface area contributed by atoms with Gasteiger partial charge in [0, 0.05) is 15.4 Å². The van der Waals surface area contributed by atoms with Gasteiger partial charge in [0.05, 0.1) is 10.5 Å². The maximum Gasteiger partial charge on any atom is 0.127 e. The van der Waals surface area contributed by atoms with Crippen molar-refractivity contribution in [1.82, 2.24) is 4.98 Å². The number of nitrogens with zero attached hydrogens (tertiary/aromatic N) is 1. The molecule has 0 saturated carbocycles. The number of pyridine rings is 1. The van der Waals surface area contributed by atoms with Crippen molar-refractivity contribution in [2.24, 2.45) is 0 Å². The number of fused-ring (bicyclic) bond motifs is 1. The first kappa shape index (κ1) is 13.6. The van der Waals surface area contributed by atoms with Crippen molar-refractivity contribution in [3.8, 4) is 0 Å². The summed E-state index contributed by atoms with van der Waals surface area (Å²) in [4.78, 5) is 4.49. The van der Waals surface area contributed by atoms with Crippen LogP contribution in [-0.4, -0.2) is 4.98 Å². The number of rotatable bonds is 0. The number of nitrogens with two attached hydrogens (primary N) is 1. The molecule has 0 bridgehead atoms. The molecular formula is C14H16BrClN2. The Morgan fingerprint density at radius 1 is 1.28 bits per heavy atom. The fraction of sp³-hybridized carbons (Fsp3) is 0.357. The molecule has 2 aromatic rings. The van der Waals surface area contributed by atoms with Crippen LogP contribution in [0.1, 0.15) is 31.9 Å². The summed E-state index contributed by atoms with van der Waals surface area (Å²) in [7, 11) is 0. The second-order valence-corrected chi connectivity index (χ2v) is 6.79. The van der Waals surface area contributed by atoms with Gasteiger partial charge in [-0.3, -0.25) is 0 Å². The second-order valence-electron chi connectivity index (χ2n) is 5.56. The fourth-order valence-corrected chi connectivity index (χ4v) is 2.86. The number of anilines is 1. The van der Waals surface area contributed by atoms with Gasteiger partial charge >= 0.3 is 0 Å². The van der Waals surface area contributed by atoms with E-state index in [-0.39, 0.29) is 5.41 Å². The first-order valence-electron chi connectivity index (χ1n) is 5.77. The van der Waals surface area contributed by atoms with E-state index in [0.717, 1.165) is 31.5 Å². The zero-order valence-electron chi connectivity index (χ0n) is 10.9. The fourth-order valence-electron chi connectivity index (χ4n) is 2.01. The molecule has 0 amide bonds. The summed E-state index contributed by atoms with van der Waals surface area (Å²) in [6.07, 6.45) is 0. The Hall–Kier alpha value is -0.800. The van der Waals surface area contributed by atoms with Crippen molar-refractivity contribution in [3.63, 3.8) is 0 Å². The van der Waals surface area contributed by atoms with Crippen molar-refractivity contribution in [1.29, 1.82) is 0 Å². The van der Waals surface area contributed by atoms with Gasteiger partial charge in [-0.25, -0.2) is 4.98 Å². The minimum absolute atomic E-state index is 0.0508. The highest BCUT2D eigenvalue weighted by atomic mass is 79.9. The minimum Gasteiger partial charge on any atom is -0.383 e. The largest absolute Gasteiger partial charge is 0.383 e. The van der Waals surface area contributed by atoms with Gasteiger partial charge in [-0.2, -0.15) is 0 Å². The average Bonchev–Trinajstić information content (AvgIpc) is 2.24. The van der Waals surface area contributed by atoms with Crippen LogP contribution in [0.25, 0.3) is 10.9 Å². The third-order valence-corrected chi connectivity index (χ3v) is 4.12. The number of nitrogen functional groups attached to an aromatic ring is 1. The second kappa shape index (κ2) is 4.39. The van der Waals surface area contributed by atoms with Crippen molar-refractivity contribution in [3.05, 3.63) is 32.8 Å². The quantitative estimate of drug-likeness (QED) is 0.752. The molecule has 2 rings (SSSR count). The normalized spacial score (nSPS) is 12.1. The number of halogens is 2. The molecule has 0 fully saturated rings. The molecule has 0 spiro atoms. The highest BCUT2D eigenvalue weighted by molar-refractivity contribution is 9.10. The molecule has 2 nitrogen and oxygen atoms in total. The number of aromatic nitrogens is 1. The van der Waals surface area contributed by atoms with Crippen LogP contribution in [0.5, 0.6) is 0 Å². The van der Waals surface area contributed by atoms with Crippen LogP contribution in [-0.2, 0) is 5.41 Å². The topological polar surface area (TPSA) is 38.9 Å². The van der Waals surface area contributed by atoms with Gasteiger partial charge in [0.25, 0.3) is 0 Å². The summed E-state index contributed by atoms with van der Waals surface area (Å²) in [5.41, 5.74) is 8.87. The maximum atomic E-state index is 6.37. The summed E-state index contributed by atoms with van der Waals surface area (Å²) in [5.74, 6) is 0.565. The maximum absolute atomic E-state index is 6.37. The molecule has 0 aliphatic carbocycles. The average molecular weight is 328 g/mol. The smallest absolute Gasteiger partial charge is 0.127 e. The van der Waals surface area contributed by atoms with E-state index in [0.29, 0.717) is 5.82 Å². The highest BCUT2D eigenvalue weighted by Gasteiger charge is 2.20. The zero-order chi connectivity index (χ0) is 13.7. The van der Waals surface area contributed by atoms with Gasteiger partial charge in [0.15, 0.2) is 0 Å². The van der Waals surface area contributed by atoms with Crippen molar-refractivity contribution in [2.75, 3.05) is 5.73 Å². The van der Waals surface area contributed by atoms with Crippen molar-refractivity contribution < 1.29 is 0 Å². The molecule has 0 atom stereocenters. The van der Waals surface area contributed by atoms with Crippen molar-refractivity contribution in [2.45, 2.75) is 33.1 Å². The van der Waals surface area contributed by atoms with Crippen LogP contribution in [0.15, 0.2) is 16.6 Å². The molecule has 0 aliphatic rings. The minimum atomic E-state index is -0.0508. The Morgan fingerprint density at radius 2 is 1.89 bits per heavy atom. The van der Waals surface area contributed by atoms with Crippen LogP contribution >= 0.6 is 27.5 Å². The lowest BCUT2D eigenvalue weighted by Gasteiger charge is -2.21. The SMILES string of the molecule is Cc1cc(Br)c2nc(N)c(C(C)(C)C)cc2c1Cl. The lowest BCUT2D eigenvalue weighted by Crippen LogP contribution is -2.15. The lowest BCUT2D eigenvalue weighted by atomic mass is 9.86. The molecule has 1 heterocycles. The number of hydrogen-bond donors (Lipinski definition) is 1.